The van der Waals surface area contributed by atoms with Crippen LogP contribution < -0.4 is 5.32 Å². The molecule has 0 saturated carbocycles. The average Bonchev–Trinajstić information content (AvgIpc) is 2.93. The van der Waals surface area contributed by atoms with Crippen LogP contribution in [0.3, 0.4) is 0 Å². The molecule has 0 spiro atoms. The number of anilines is 2. The average molecular weight is 311 g/mol. The summed E-state index contributed by atoms with van der Waals surface area (Å²) in [7, 11) is 0. The third-order valence-electron chi connectivity index (χ3n) is 3.04. The van der Waals surface area contributed by atoms with Crippen LogP contribution in [-0.4, -0.2) is 10.2 Å². The molecule has 1 aromatic heterocycles. The summed E-state index contributed by atoms with van der Waals surface area (Å²) in [5.41, 5.74) is -0.348. The highest BCUT2D eigenvalue weighted by Gasteiger charge is 2.20. The summed E-state index contributed by atoms with van der Waals surface area (Å²) < 4.78 is 57.9. The van der Waals surface area contributed by atoms with Crippen molar-refractivity contribution in [3.05, 3.63) is 59.5 Å². The Labute approximate surface area is 122 Å². The molecule has 8 heteroatoms. The molecular formula is C14H9F4N3O. The van der Waals surface area contributed by atoms with Gasteiger partial charge in [-0.05, 0) is 6.08 Å². The molecule has 0 aliphatic heterocycles. The summed E-state index contributed by atoms with van der Waals surface area (Å²) in [5, 5.41) is 9.70. The van der Waals surface area contributed by atoms with E-state index in [0.717, 1.165) is 0 Å². The third-order valence-corrected chi connectivity index (χ3v) is 3.04. The van der Waals surface area contributed by atoms with Gasteiger partial charge < -0.3 is 9.73 Å². The predicted molar refractivity (Wildman–Crippen MR) is 69.6 cm³/mol. The van der Waals surface area contributed by atoms with Gasteiger partial charge in [0.25, 0.3) is 0 Å². The minimum atomic E-state index is -1.30. The zero-order chi connectivity index (χ0) is 15.7. The van der Waals surface area contributed by atoms with Crippen LogP contribution in [0.25, 0.3) is 0 Å². The van der Waals surface area contributed by atoms with Crippen molar-refractivity contribution in [3.63, 3.8) is 0 Å². The Bertz CT molecular complexity index is 769. The molecule has 4 nitrogen and oxygen atoms in total. The number of nitrogens with zero attached hydrogens (tertiary/aromatic N) is 2. The molecule has 3 rings (SSSR count). The van der Waals surface area contributed by atoms with Crippen molar-refractivity contribution >= 4 is 11.7 Å². The number of nitrogens with one attached hydrogen (secondary N) is 1. The van der Waals surface area contributed by atoms with Gasteiger partial charge in [-0.1, -0.05) is 17.3 Å². The highest BCUT2D eigenvalue weighted by molar-refractivity contribution is 5.53. The molecule has 22 heavy (non-hydrogen) atoms. The second kappa shape index (κ2) is 5.63. The first-order valence-corrected chi connectivity index (χ1v) is 6.31. The van der Waals surface area contributed by atoms with E-state index in [1.54, 1.807) is 6.08 Å². The van der Waals surface area contributed by atoms with Crippen LogP contribution in [0, 0.1) is 17.5 Å². The topological polar surface area (TPSA) is 51.0 Å². The molecule has 0 fully saturated rings. The molecule has 1 aromatic carbocycles. The number of halogens is 4. The van der Waals surface area contributed by atoms with Gasteiger partial charge in [0.05, 0.1) is 11.6 Å². The third kappa shape index (κ3) is 2.85. The van der Waals surface area contributed by atoms with E-state index in [0.29, 0.717) is 12.1 Å². The number of rotatable bonds is 3. The normalized spacial score (nSPS) is 17.5. The molecule has 114 valence electrons. The summed E-state index contributed by atoms with van der Waals surface area (Å²) in [4.78, 5) is 0. The van der Waals surface area contributed by atoms with Crippen molar-refractivity contribution in [1.29, 1.82) is 0 Å². The predicted octanol–water partition coefficient (Wildman–Crippen LogP) is 4.13. The standard InChI is InChI=1S/C14H9F4N3O/c15-8-3-1-2-7(4-8)13-20-21-14(22-13)19-12-6-10(17)9(16)5-11(12)18/h1-3,5-7H,4H2,(H,19,21). The van der Waals surface area contributed by atoms with Crippen LogP contribution in [0.4, 0.5) is 29.3 Å². The number of hydrogen-bond acceptors (Lipinski definition) is 4. The zero-order valence-electron chi connectivity index (χ0n) is 11.0. The summed E-state index contributed by atoms with van der Waals surface area (Å²) in [6, 6.07) is 0.833. The van der Waals surface area contributed by atoms with Gasteiger partial charge in [0.1, 0.15) is 11.6 Å². The maximum Gasteiger partial charge on any atom is 0.320 e. The lowest BCUT2D eigenvalue weighted by molar-refractivity contribution is 0.460. The minimum absolute atomic E-state index is 0.0810. The van der Waals surface area contributed by atoms with Gasteiger partial charge in [-0.15, -0.1) is 5.10 Å². The Hall–Kier alpha value is -2.64. The van der Waals surface area contributed by atoms with Crippen LogP contribution in [0.15, 0.2) is 40.6 Å². The fourth-order valence-electron chi connectivity index (χ4n) is 1.98. The van der Waals surface area contributed by atoms with Crippen molar-refractivity contribution in [1.82, 2.24) is 10.2 Å². The second-order valence-corrected chi connectivity index (χ2v) is 4.63. The highest BCUT2D eigenvalue weighted by atomic mass is 19.2. The van der Waals surface area contributed by atoms with Gasteiger partial charge in [-0.25, -0.2) is 17.6 Å². The molecule has 1 atom stereocenters. The van der Waals surface area contributed by atoms with Crippen LogP contribution in [0.2, 0.25) is 0 Å². The van der Waals surface area contributed by atoms with Crippen LogP contribution in [-0.2, 0) is 0 Å². The van der Waals surface area contributed by atoms with Crippen LogP contribution in [0.5, 0.6) is 0 Å². The Balaban J connectivity index is 1.79. The van der Waals surface area contributed by atoms with Crippen molar-refractivity contribution in [2.75, 3.05) is 5.32 Å². The first-order chi connectivity index (χ1) is 10.5. The molecule has 2 aromatic rings. The van der Waals surface area contributed by atoms with E-state index in [9.17, 15) is 17.6 Å². The lowest BCUT2D eigenvalue weighted by Gasteiger charge is -2.09. The highest BCUT2D eigenvalue weighted by Crippen LogP contribution is 2.30. The Kier molecular flexibility index (Phi) is 3.66. The molecule has 1 unspecified atom stereocenters. The smallest absolute Gasteiger partial charge is 0.320 e. The largest absolute Gasteiger partial charge is 0.407 e. The van der Waals surface area contributed by atoms with E-state index in [4.69, 9.17) is 4.42 Å². The molecule has 1 N–H and O–H groups in total. The maximum atomic E-state index is 13.5. The van der Waals surface area contributed by atoms with Gasteiger partial charge >= 0.3 is 6.01 Å². The number of allylic oxidation sites excluding steroid dienone is 4. The Morgan fingerprint density at radius 1 is 1.05 bits per heavy atom. The SMILES string of the molecule is FC1=CC=CC(c2nnc(Nc3cc(F)c(F)cc3F)o2)C1. The van der Waals surface area contributed by atoms with Crippen molar-refractivity contribution in [3.8, 4) is 0 Å². The van der Waals surface area contributed by atoms with Crippen LogP contribution in [0.1, 0.15) is 18.2 Å². The maximum absolute atomic E-state index is 13.5. The molecule has 1 aliphatic rings. The Morgan fingerprint density at radius 2 is 1.82 bits per heavy atom. The van der Waals surface area contributed by atoms with E-state index < -0.39 is 23.4 Å². The van der Waals surface area contributed by atoms with Crippen molar-refractivity contribution in [2.24, 2.45) is 0 Å². The monoisotopic (exact) mass is 311 g/mol. The van der Waals surface area contributed by atoms with E-state index in [1.165, 1.54) is 12.2 Å². The minimum Gasteiger partial charge on any atom is -0.407 e. The quantitative estimate of drug-likeness (QED) is 0.684. The molecule has 0 amide bonds. The van der Waals surface area contributed by atoms with Crippen molar-refractivity contribution in [2.45, 2.75) is 12.3 Å². The van der Waals surface area contributed by atoms with Gasteiger partial charge in [-0.2, -0.15) is 0 Å². The van der Waals surface area contributed by atoms with Gasteiger partial charge in [0, 0.05) is 18.6 Å². The molecule has 1 aliphatic carbocycles. The zero-order valence-corrected chi connectivity index (χ0v) is 11.0. The van der Waals surface area contributed by atoms with Gasteiger partial charge in [0.2, 0.25) is 5.89 Å². The fraction of sp³-hybridized carbons (Fsp3) is 0.143. The van der Waals surface area contributed by atoms with E-state index in [-0.39, 0.29) is 29.8 Å². The van der Waals surface area contributed by atoms with Crippen molar-refractivity contribution < 1.29 is 22.0 Å². The molecule has 0 radical (unpaired) electrons. The lowest BCUT2D eigenvalue weighted by atomic mass is 10.0. The summed E-state index contributed by atoms with van der Waals surface area (Å²) in [5.74, 6) is -4.15. The first kappa shape index (κ1) is 14.3. The summed E-state index contributed by atoms with van der Waals surface area (Å²) in [6.07, 6.45) is 4.61. The number of hydrogen-bond donors (Lipinski definition) is 1. The van der Waals surface area contributed by atoms with Gasteiger partial charge in [-0.3, -0.25) is 0 Å². The summed E-state index contributed by atoms with van der Waals surface area (Å²) >= 11 is 0. The molecular weight excluding hydrogens is 302 g/mol. The lowest BCUT2D eigenvalue weighted by Crippen LogP contribution is -1.99. The molecule has 0 saturated heterocycles. The van der Waals surface area contributed by atoms with Gasteiger partial charge in [0.15, 0.2) is 11.6 Å². The van der Waals surface area contributed by atoms with E-state index in [1.807, 2.05) is 0 Å². The van der Waals surface area contributed by atoms with Crippen LogP contribution >= 0.6 is 0 Å². The number of benzene rings is 1. The Morgan fingerprint density at radius 3 is 2.59 bits per heavy atom. The molecule has 0 bridgehead atoms. The molecule has 1 heterocycles. The van der Waals surface area contributed by atoms with E-state index >= 15 is 0 Å². The summed E-state index contributed by atoms with van der Waals surface area (Å²) in [6.45, 7) is 0. The first-order valence-electron chi connectivity index (χ1n) is 6.31. The number of aromatic nitrogens is 2. The fourth-order valence-corrected chi connectivity index (χ4v) is 1.98. The second-order valence-electron chi connectivity index (χ2n) is 4.63. The van der Waals surface area contributed by atoms with E-state index in [2.05, 4.69) is 15.5 Å².